The third-order valence-electron chi connectivity index (χ3n) is 8.90. The summed E-state index contributed by atoms with van der Waals surface area (Å²) in [6.07, 6.45) is 4.37. The molecule has 2 fully saturated rings. The van der Waals surface area contributed by atoms with Crippen LogP contribution in [0.3, 0.4) is 0 Å². The summed E-state index contributed by atoms with van der Waals surface area (Å²) in [7, 11) is 0. The standard InChI is InChI=1S/C31H37Cl2F2N3O3/c1-30(2,3)15-24-31(19-13-22(34)21(33)14-23(19)37-29(31)41)25(18-7-4-8-20(32)26(18)35)27(38-24)28(40)36-11-5-6-16-9-10-17(39)12-16/h4,7-8,13-14,16-17,24-25,27,38-39H,5-6,9-12,15H2,1-3H3,(H,36,40)(H,37,41)/t16?,17-,24-,25+,27-,31+/m1/s1. The van der Waals surface area contributed by atoms with Crippen LogP contribution in [-0.4, -0.2) is 41.7 Å². The predicted octanol–water partition coefficient (Wildman–Crippen LogP) is 6.08. The Labute approximate surface area is 249 Å². The Bertz CT molecular complexity index is 1350. The van der Waals surface area contributed by atoms with Crippen molar-refractivity contribution in [1.82, 2.24) is 10.6 Å². The fourth-order valence-corrected chi connectivity index (χ4v) is 7.53. The van der Waals surface area contributed by atoms with Gasteiger partial charge in [-0.1, -0.05) is 56.1 Å². The molecule has 10 heteroatoms. The van der Waals surface area contributed by atoms with Gasteiger partial charge in [0.05, 0.1) is 22.2 Å². The number of aliphatic hydroxyl groups excluding tert-OH is 1. The van der Waals surface area contributed by atoms with E-state index in [9.17, 15) is 14.7 Å². The number of amides is 2. The molecule has 6 nitrogen and oxygen atoms in total. The Kier molecular flexibility index (Phi) is 8.43. The number of halogens is 4. The van der Waals surface area contributed by atoms with E-state index in [1.54, 1.807) is 6.07 Å². The Morgan fingerprint density at radius 3 is 2.61 bits per heavy atom. The van der Waals surface area contributed by atoms with Gasteiger partial charge in [0.1, 0.15) is 17.0 Å². The van der Waals surface area contributed by atoms with Gasteiger partial charge in [-0.25, -0.2) is 8.78 Å². The van der Waals surface area contributed by atoms with Crippen LogP contribution >= 0.6 is 23.2 Å². The highest BCUT2D eigenvalue weighted by Gasteiger charge is 2.66. The molecule has 6 atom stereocenters. The van der Waals surface area contributed by atoms with Crippen LogP contribution in [0, 0.1) is 23.0 Å². The van der Waals surface area contributed by atoms with Crippen LogP contribution in [0.1, 0.15) is 76.3 Å². The zero-order valence-electron chi connectivity index (χ0n) is 23.5. The molecule has 2 aliphatic heterocycles. The number of aliphatic hydroxyl groups is 1. The number of carbonyl (C=O) groups excluding carboxylic acids is 2. The number of rotatable bonds is 7. The van der Waals surface area contributed by atoms with Crippen LogP contribution in [0.15, 0.2) is 30.3 Å². The van der Waals surface area contributed by atoms with Crippen molar-refractivity contribution in [2.24, 2.45) is 11.3 Å². The van der Waals surface area contributed by atoms with Crippen molar-refractivity contribution in [3.05, 3.63) is 63.1 Å². The van der Waals surface area contributed by atoms with Gasteiger partial charge in [-0.05, 0) is 79.2 Å². The third-order valence-corrected chi connectivity index (χ3v) is 9.48. The molecule has 1 unspecified atom stereocenters. The Morgan fingerprint density at radius 2 is 1.93 bits per heavy atom. The maximum absolute atomic E-state index is 15.8. The van der Waals surface area contributed by atoms with E-state index in [1.807, 2.05) is 20.8 Å². The second-order valence-corrected chi connectivity index (χ2v) is 13.8. The zero-order valence-corrected chi connectivity index (χ0v) is 25.0. The van der Waals surface area contributed by atoms with E-state index in [4.69, 9.17) is 23.2 Å². The number of nitrogens with one attached hydrogen (secondary N) is 3. The highest BCUT2D eigenvalue weighted by Crippen LogP contribution is 2.57. The quantitative estimate of drug-likeness (QED) is 0.287. The minimum Gasteiger partial charge on any atom is -0.393 e. The van der Waals surface area contributed by atoms with E-state index in [0.717, 1.165) is 32.1 Å². The van der Waals surface area contributed by atoms with E-state index in [-0.39, 0.29) is 33.0 Å². The summed E-state index contributed by atoms with van der Waals surface area (Å²) in [5, 5.41) is 18.8. The number of benzene rings is 2. The maximum atomic E-state index is 15.8. The summed E-state index contributed by atoms with van der Waals surface area (Å²) in [6.45, 7) is 6.45. The molecular weight excluding hydrogens is 571 g/mol. The highest BCUT2D eigenvalue weighted by molar-refractivity contribution is 6.31. The number of carbonyl (C=O) groups is 2. The van der Waals surface area contributed by atoms with Crippen LogP contribution in [0.4, 0.5) is 14.5 Å². The van der Waals surface area contributed by atoms with Gasteiger partial charge in [-0.3, -0.25) is 9.59 Å². The molecule has 1 saturated heterocycles. The summed E-state index contributed by atoms with van der Waals surface area (Å²) in [5.41, 5.74) is -1.02. The Morgan fingerprint density at radius 1 is 1.17 bits per heavy atom. The van der Waals surface area contributed by atoms with Gasteiger partial charge in [-0.15, -0.1) is 0 Å². The van der Waals surface area contributed by atoms with E-state index in [1.165, 1.54) is 24.3 Å². The average Bonchev–Trinajstić information content (AvgIpc) is 3.53. The van der Waals surface area contributed by atoms with Crippen LogP contribution in [0.5, 0.6) is 0 Å². The van der Waals surface area contributed by atoms with Crippen LogP contribution < -0.4 is 16.0 Å². The fourth-order valence-electron chi connectivity index (χ4n) is 7.19. The van der Waals surface area contributed by atoms with Crippen molar-refractivity contribution >= 4 is 40.7 Å². The lowest BCUT2D eigenvalue weighted by molar-refractivity contribution is -0.123. The molecule has 1 spiro atoms. The van der Waals surface area contributed by atoms with Gasteiger partial charge < -0.3 is 21.1 Å². The molecule has 41 heavy (non-hydrogen) atoms. The lowest BCUT2D eigenvalue weighted by atomic mass is 9.62. The molecule has 4 N–H and O–H groups in total. The molecule has 3 aliphatic rings. The molecule has 1 aliphatic carbocycles. The van der Waals surface area contributed by atoms with E-state index >= 15 is 8.78 Å². The first-order chi connectivity index (χ1) is 19.3. The van der Waals surface area contributed by atoms with Crippen molar-refractivity contribution in [2.75, 3.05) is 11.9 Å². The minimum absolute atomic E-state index is 0.111. The molecule has 1 saturated carbocycles. The Hall–Kier alpha value is -2.26. The molecule has 2 aromatic rings. The number of hydrogen-bond acceptors (Lipinski definition) is 4. The first-order valence-electron chi connectivity index (χ1n) is 14.3. The van der Waals surface area contributed by atoms with Crippen molar-refractivity contribution in [3.63, 3.8) is 0 Å². The monoisotopic (exact) mass is 607 g/mol. The van der Waals surface area contributed by atoms with Crippen molar-refractivity contribution < 1.29 is 23.5 Å². The van der Waals surface area contributed by atoms with Gasteiger partial charge in [0, 0.05) is 24.2 Å². The fraction of sp³-hybridized carbons (Fsp3) is 0.548. The maximum Gasteiger partial charge on any atom is 0.237 e. The molecule has 222 valence electrons. The summed E-state index contributed by atoms with van der Waals surface area (Å²) < 4.78 is 30.8. The average molecular weight is 609 g/mol. The molecular formula is C31H37Cl2F2N3O3. The smallest absolute Gasteiger partial charge is 0.237 e. The third kappa shape index (κ3) is 5.61. The van der Waals surface area contributed by atoms with Gasteiger partial charge in [0.15, 0.2) is 0 Å². The second-order valence-electron chi connectivity index (χ2n) is 13.0. The molecule has 2 aromatic carbocycles. The first-order valence-corrected chi connectivity index (χ1v) is 15.0. The van der Waals surface area contributed by atoms with Crippen molar-refractivity contribution in [2.45, 2.75) is 88.8 Å². The minimum atomic E-state index is -1.51. The van der Waals surface area contributed by atoms with Gasteiger partial charge in [0.2, 0.25) is 11.8 Å². The molecule has 2 heterocycles. The van der Waals surface area contributed by atoms with Gasteiger partial charge in [0.25, 0.3) is 0 Å². The van der Waals surface area contributed by atoms with Gasteiger partial charge >= 0.3 is 0 Å². The highest BCUT2D eigenvalue weighted by atomic mass is 35.5. The molecule has 2 amide bonds. The second kappa shape index (κ2) is 11.4. The van der Waals surface area contributed by atoms with Crippen LogP contribution in [-0.2, 0) is 15.0 Å². The number of hydrogen-bond donors (Lipinski definition) is 4. The van der Waals surface area contributed by atoms with Gasteiger partial charge in [-0.2, -0.15) is 0 Å². The topological polar surface area (TPSA) is 90.5 Å². The van der Waals surface area contributed by atoms with Crippen LogP contribution in [0.2, 0.25) is 10.0 Å². The summed E-state index contributed by atoms with van der Waals surface area (Å²) in [5.74, 6) is -2.83. The lowest BCUT2D eigenvalue weighted by Gasteiger charge is -2.37. The molecule has 5 rings (SSSR count). The molecule has 0 bridgehead atoms. The SMILES string of the molecule is CC(C)(C)C[C@H]1N[C@@H](C(=O)NCCCC2CC[C@@H](O)C2)[C@H](c2cccc(Cl)c2F)[C@@]12C(=O)Nc1cc(Cl)c(F)cc12. The summed E-state index contributed by atoms with van der Waals surface area (Å²) in [6, 6.07) is 5.51. The van der Waals surface area contributed by atoms with Crippen LogP contribution in [0.25, 0.3) is 0 Å². The normalized spacial score (nSPS) is 29.2. The molecule has 0 radical (unpaired) electrons. The van der Waals surface area contributed by atoms with Crippen molar-refractivity contribution in [1.29, 1.82) is 0 Å². The predicted molar refractivity (Wildman–Crippen MR) is 156 cm³/mol. The number of anilines is 1. The van der Waals surface area contributed by atoms with E-state index in [2.05, 4.69) is 16.0 Å². The van der Waals surface area contributed by atoms with E-state index in [0.29, 0.717) is 30.1 Å². The first kappa shape index (κ1) is 30.2. The number of fused-ring (bicyclic) bond motifs is 2. The molecule has 0 aromatic heterocycles. The lowest BCUT2D eigenvalue weighted by Crippen LogP contribution is -2.49. The summed E-state index contributed by atoms with van der Waals surface area (Å²) in [4.78, 5) is 28.0. The summed E-state index contributed by atoms with van der Waals surface area (Å²) >= 11 is 12.3. The van der Waals surface area contributed by atoms with E-state index < -0.39 is 41.0 Å². The largest absolute Gasteiger partial charge is 0.393 e. The zero-order chi connectivity index (χ0) is 29.7. The Balaban J connectivity index is 1.56. The van der Waals surface area contributed by atoms with Crippen molar-refractivity contribution in [3.8, 4) is 0 Å².